The minimum atomic E-state index is -1.43. The molecule has 0 fully saturated rings. The minimum absolute atomic E-state index is 0.0105. The van der Waals surface area contributed by atoms with Crippen molar-refractivity contribution in [3.05, 3.63) is 29.8 Å². The molecule has 0 N–H and O–H groups in total. The number of benzene rings is 1. The van der Waals surface area contributed by atoms with Crippen LogP contribution in [-0.2, 0) is 20.3 Å². The normalized spacial score (nSPS) is 17.2. The van der Waals surface area contributed by atoms with Gasteiger partial charge in [0.05, 0.1) is 23.8 Å². The molecule has 0 unspecified atom stereocenters. The number of aryl methyl sites for hydroxylation is 1. The predicted molar refractivity (Wildman–Crippen MR) is 99.9 cm³/mol. The Balaban J connectivity index is 3.11. The van der Waals surface area contributed by atoms with E-state index < -0.39 is 18.9 Å². The van der Waals surface area contributed by atoms with Crippen molar-refractivity contribution in [1.29, 1.82) is 0 Å². The molecule has 0 bridgehead atoms. The molecular formula is C18H30O3SSi. The maximum atomic E-state index is 13.2. The fraction of sp³-hybridized carbons (Fsp3) is 0.611. The SMILES string of the molecule is COC(=O)[C@@H](C)[C@H](C)[C@H](C[Si](C)(C)C)[S@@](=O)c1ccc(C)cc1. The molecule has 23 heavy (non-hydrogen) atoms. The third kappa shape index (κ3) is 5.88. The summed E-state index contributed by atoms with van der Waals surface area (Å²) >= 11 is 0. The van der Waals surface area contributed by atoms with Crippen LogP contribution in [0.15, 0.2) is 29.2 Å². The standard InChI is InChI=1S/C18H30O3SSi/c1-13-8-10-16(11-9-13)22(20)17(12-23(5,6)7)14(2)15(3)18(19)21-4/h8-11,14-15,17H,12H2,1-7H3/t14-,15-,17-,22-/m0/s1. The molecule has 0 aliphatic heterocycles. The van der Waals surface area contributed by atoms with E-state index in [-0.39, 0.29) is 23.1 Å². The predicted octanol–water partition coefficient (Wildman–Crippen LogP) is 4.25. The molecule has 0 saturated heterocycles. The summed E-state index contributed by atoms with van der Waals surface area (Å²) < 4.78 is 18.1. The zero-order valence-corrected chi connectivity index (χ0v) is 17.2. The van der Waals surface area contributed by atoms with E-state index in [2.05, 4.69) is 19.6 Å². The van der Waals surface area contributed by atoms with E-state index in [0.29, 0.717) is 0 Å². The largest absolute Gasteiger partial charge is 0.469 e. The van der Waals surface area contributed by atoms with E-state index in [1.54, 1.807) is 0 Å². The highest BCUT2D eigenvalue weighted by molar-refractivity contribution is 7.85. The Bertz CT molecular complexity index is 548. The van der Waals surface area contributed by atoms with E-state index >= 15 is 0 Å². The Morgan fingerprint density at radius 1 is 1.17 bits per heavy atom. The van der Waals surface area contributed by atoms with E-state index in [1.807, 2.05) is 45.0 Å². The third-order valence-corrected chi connectivity index (χ3v) is 8.13. The van der Waals surface area contributed by atoms with Crippen LogP contribution < -0.4 is 0 Å². The topological polar surface area (TPSA) is 43.4 Å². The van der Waals surface area contributed by atoms with E-state index in [4.69, 9.17) is 4.74 Å². The second kappa shape index (κ2) is 8.24. The number of rotatable bonds is 7. The van der Waals surface area contributed by atoms with Crippen LogP contribution in [0.1, 0.15) is 19.4 Å². The number of carbonyl (C=O) groups is 1. The molecule has 0 heterocycles. The van der Waals surface area contributed by atoms with Crippen LogP contribution in [0.25, 0.3) is 0 Å². The van der Waals surface area contributed by atoms with Crippen LogP contribution in [-0.4, -0.2) is 30.6 Å². The van der Waals surface area contributed by atoms with Crippen LogP contribution in [0.2, 0.25) is 25.7 Å². The molecule has 1 rings (SSSR count). The molecule has 1 aromatic rings. The molecule has 0 amide bonds. The van der Waals surface area contributed by atoms with Gasteiger partial charge >= 0.3 is 5.97 Å². The molecule has 0 aromatic heterocycles. The first-order chi connectivity index (χ1) is 10.6. The van der Waals surface area contributed by atoms with E-state index in [9.17, 15) is 9.00 Å². The number of hydrogen-bond donors (Lipinski definition) is 0. The van der Waals surface area contributed by atoms with Gasteiger partial charge in [0.2, 0.25) is 0 Å². The second-order valence-electron chi connectivity index (χ2n) is 7.58. The highest BCUT2D eigenvalue weighted by atomic mass is 32.2. The van der Waals surface area contributed by atoms with Gasteiger partial charge < -0.3 is 4.74 Å². The lowest BCUT2D eigenvalue weighted by Gasteiger charge is -2.31. The fourth-order valence-electron chi connectivity index (χ4n) is 2.63. The molecule has 3 nitrogen and oxygen atoms in total. The van der Waals surface area contributed by atoms with Gasteiger partial charge in [-0.2, -0.15) is 0 Å². The summed E-state index contributed by atoms with van der Waals surface area (Å²) in [6, 6.07) is 8.80. The molecule has 1 aromatic carbocycles. The first-order valence-corrected chi connectivity index (χ1v) is 13.0. The monoisotopic (exact) mass is 354 g/mol. The highest BCUT2D eigenvalue weighted by Gasteiger charge is 2.35. The number of carbonyl (C=O) groups excluding carboxylic acids is 1. The van der Waals surface area contributed by atoms with Gasteiger partial charge in [0.15, 0.2) is 0 Å². The van der Waals surface area contributed by atoms with E-state index in [1.165, 1.54) is 7.11 Å². The zero-order chi connectivity index (χ0) is 17.8. The van der Waals surface area contributed by atoms with Gasteiger partial charge in [0.1, 0.15) is 0 Å². The smallest absolute Gasteiger partial charge is 0.308 e. The van der Waals surface area contributed by atoms with Crippen molar-refractivity contribution < 1.29 is 13.7 Å². The molecule has 130 valence electrons. The summed E-state index contributed by atoms with van der Waals surface area (Å²) in [4.78, 5) is 12.8. The first-order valence-electron chi connectivity index (χ1n) is 8.12. The Morgan fingerprint density at radius 2 is 1.70 bits per heavy atom. The van der Waals surface area contributed by atoms with Gasteiger partial charge in [0, 0.05) is 18.2 Å². The van der Waals surface area contributed by atoms with E-state index in [0.717, 1.165) is 16.5 Å². The molecule has 0 aliphatic rings. The van der Waals surface area contributed by atoms with Crippen LogP contribution in [0, 0.1) is 18.8 Å². The lowest BCUT2D eigenvalue weighted by molar-refractivity contribution is -0.146. The van der Waals surface area contributed by atoms with Gasteiger partial charge in [-0.25, -0.2) is 0 Å². The second-order valence-corrected chi connectivity index (χ2v) is 14.8. The van der Waals surface area contributed by atoms with Crippen molar-refractivity contribution in [2.45, 2.75) is 56.6 Å². The van der Waals surface area contributed by atoms with Crippen molar-refractivity contribution in [1.82, 2.24) is 0 Å². The Labute approximate surface area is 144 Å². The Morgan fingerprint density at radius 3 is 2.13 bits per heavy atom. The summed E-state index contributed by atoms with van der Waals surface area (Å²) in [7, 11) is -1.13. The maximum absolute atomic E-state index is 13.2. The summed E-state index contributed by atoms with van der Waals surface area (Å²) in [5.41, 5.74) is 1.16. The summed E-state index contributed by atoms with van der Waals surface area (Å²) in [5, 5.41) is -0.0292. The number of esters is 1. The quantitative estimate of drug-likeness (QED) is 0.543. The number of methoxy groups -OCH3 is 1. The molecule has 0 spiro atoms. The molecule has 5 heteroatoms. The lowest BCUT2D eigenvalue weighted by Crippen LogP contribution is -2.38. The van der Waals surface area contributed by atoms with Crippen molar-refractivity contribution in [2.75, 3.05) is 7.11 Å². The highest BCUT2D eigenvalue weighted by Crippen LogP contribution is 2.30. The zero-order valence-electron chi connectivity index (χ0n) is 15.4. The van der Waals surface area contributed by atoms with Gasteiger partial charge in [-0.3, -0.25) is 9.00 Å². The maximum Gasteiger partial charge on any atom is 0.308 e. The average Bonchev–Trinajstić information content (AvgIpc) is 2.49. The van der Waals surface area contributed by atoms with Crippen molar-refractivity contribution in [2.24, 2.45) is 11.8 Å². The molecule has 0 aliphatic carbocycles. The lowest BCUT2D eigenvalue weighted by atomic mass is 9.93. The fourth-order valence-corrected chi connectivity index (χ4v) is 7.69. The van der Waals surface area contributed by atoms with Gasteiger partial charge in [0.25, 0.3) is 0 Å². The van der Waals surface area contributed by atoms with Crippen molar-refractivity contribution >= 4 is 24.8 Å². The molecule has 0 radical (unpaired) electrons. The third-order valence-electron chi connectivity index (χ3n) is 4.29. The van der Waals surface area contributed by atoms with Gasteiger partial charge in [-0.05, 0) is 31.0 Å². The van der Waals surface area contributed by atoms with Gasteiger partial charge in [-0.1, -0.05) is 51.2 Å². The average molecular weight is 355 g/mol. The molecule has 0 saturated carbocycles. The first kappa shape index (κ1) is 20.1. The van der Waals surface area contributed by atoms with Crippen molar-refractivity contribution in [3.63, 3.8) is 0 Å². The van der Waals surface area contributed by atoms with Gasteiger partial charge in [-0.15, -0.1) is 0 Å². The summed E-state index contributed by atoms with van der Waals surface area (Å²) in [6.07, 6.45) is 0. The van der Waals surface area contributed by atoms with Crippen LogP contribution in [0.4, 0.5) is 0 Å². The van der Waals surface area contributed by atoms with Crippen LogP contribution >= 0.6 is 0 Å². The summed E-state index contributed by atoms with van der Waals surface area (Å²) in [6.45, 7) is 12.8. The number of hydrogen-bond acceptors (Lipinski definition) is 3. The minimum Gasteiger partial charge on any atom is -0.469 e. The molecular weight excluding hydrogens is 324 g/mol. The molecule has 4 atom stereocenters. The van der Waals surface area contributed by atoms with Crippen molar-refractivity contribution in [3.8, 4) is 0 Å². The Kier molecular flexibility index (Phi) is 7.20. The van der Waals surface area contributed by atoms with Crippen LogP contribution in [0.5, 0.6) is 0 Å². The number of ether oxygens (including phenoxy) is 1. The Hall–Kier alpha value is -0.943. The summed E-state index contributed by atoms with van der Waals surface area (Å²) in [5.74, 6) is -0.467. The van der Waals surface area contributed by atoms with Crippen LogP contribution in [0.3, 0.4) is 0 Å².